The zero-order valence-corrected chi connectivity index (χ0v) is 15.9. The molecule has 0 saturated carbocycles. The summed E-state index contributed by atoms with van der Waals surface area (Å²) in [5.41, 5.74) is 1.52. The van der Waals surface area contributed by atoms with Crippen molar-refractivity contribution in [3.05, 3.63) is 63.9 Å². The summed E-state index contributed by atoms with van der Waals surface area (Å²) in [6.07, 6.45) is 1.37. The smallest absolute Gasteiger partial charge is 0.257 e. The fourth-order valence-electron chi connectivity index (χ4n) is 2.37. The molecule has 2 amide bonds. The second-order valence-corrected chi connectivity index (χ2v) is 6.61. The Kier molecular flexibility index (Phi) is 5.38. The van der Waals surface area contributed by atoms with Crippen LogP contribution in [0.25, 0.3) is 5.69 Å². The molecule has 1 N–H and O–H groups in total. The number of anilines is 1. The predicted molar refractivity (Wildman–Crippen MR) is 102 cm³/mol. The summed E-state index contributed by atoms with van der Waals surface area (Å²) in [6.45, 7) is 0. The Morgan fingerprint density at radius 1 is 1.07 bits per heavy atom. The van der Waals surface area contributed by atoms with Crippen molar-refractivity contribution in [2.24, 2.45) is 0 Å². The molecule has 8 nitrogen and oxygen atoms in total. The van der Waals surface area contributed by atoms with Crippen molar-refractivity contribution in [1.82, 2.24) is 25.1 Å². The van der Waals surface area contributed by atoms with Crippen LogP contribution < -0.4 is 5.32 Å². The van der Waals surface area contributed by atoms with E-state index < -0.39 is 5.91 Å². The minimum absolute atomic E-state index is 0.228. The van der Waals surface area contributed by atoms with Gasteiger partial charge in [-0.25, -0.2) is 0 Å². The second-order valence-electron chi connectivity index (χ2n) is 5.76. The van der Waals surface area contributed by atoms with E-state index in [0.717, 1.165) is 0 Å². The zero-order chi connectivity index (χ0) is 19.6. The SMILES string of the molecule is CN(C)C(=O)c1ccc(NC(=O)c2cc(Cl)ccc2-n2cnnn2)cc1Cl. The summed E-state index contributed by atoms with van der Waals surface area (Å²) >= 11 is 12.2. The number of rotatable bonds is 4. The molecular formula is C17H14Cl2N6O2. The number of tetrazole rings is 1. The Labute approximate surface area is 164 Å². The van der Waals surface area contributed by atoms with Crippen molar-refractivity contribution < 1.29 is 9.59 Å². The Morgan fingerprint density at radius 2 is 1.85 bits per heavy atom. The number of carbonyl (C=O) groups is 2. The standard InChI is InChI=1S/C17H14Cl2N6O2/c1-24(2)17(27)12-5-4-11(8-14(12)19)21-16(26)13-7-10(18)3-6-15(13)25-9-20-22-23-25/h3-9H,1-2H3,(H,21,26). The number of nitrogens with zero attached hydrogens (tertiary/aromatic N) is 5. The van der Waals surface area contributed by atoms with Gasteiger partial charge in [0.1, 0.15) is 6.33 Å². The summed E-state index contributed by atoms with van der Waals surface area (Å²) < 4.78 is 1.36. The summed E-state index contributed by atoms with van der Waals surface area (Å²) in [5, 5.41) is 14.3. The van der Waals surface area contributed by atoms with Gasteiger partial charge in [-0.3, -0.25) is 9.59 Å². The molecule has 0 fully saturated rings. The van der Waals surface area contributed by atoms with Crippen LogP contribution in [0.3, 0.4) is 0 Å². The lowest BCUT2D eigenvalue weighted by molar-refractivity contribution is 0.0827. The molecule has 10 heteroatoms. The lowest BCUT2D eigenvalue weighted by Crippen LogP contribution is -2.22. The first-order valence-electron chi connectivity index (χ1n) is 7.72. The number of hydrogen-bond acceptors (Lipinski definition) is 5. The fourth-order valence-corrected chi connectivity index (χ4v) is 2.80. The first-order valence-corrected chi connectivity index (χ1v) is 8.48. The third-order valence-corrected chi connectivity index (χ3v) is 4.21. The van der Waals surface area contributed by atoms with Crippen LogP contribution in [0.2, 0.25) is 10.0 Å². The quantitative estimate of drug-likeness (QED) is 0.721. The second kappa shape index (κ2) is 7.73. The van der Waals surface area contributed by atoms with Gasteiger partial charge in [0, 0.05) is 24.8 Å². The average molecular weight is 405 g/mol. The maximum absolute atomic E-state index is 12.8. The molecule has 3 rings (SSSR count). The van der Waals surface area contributed by atoms with Crippen LogP contribution in [0.15, 0.2) is 42.7 Å². The normalized spacial score (nSPS) is 10.5. The van der Waals surface area contributed by atoms with Crippen molar-refractivity contribution in [2.75, 3.05) is 19.4 Å². The van der Waals surface area contributed by atoms with E-state index in [1.54, 1.807) is 38.4 Å². The first-order chi connectivity index (χ1) is 12.9. The van der Waals surface area contributed by atoms with Crippen molar-refractivity contribution >= 4 is 40.7 Å². The fraction of sp³-hybridized carbons (Fsp3) is 0.118. The topological polar surface area (TPSA) is 93.0 Å². The van der Waals surface area contributed by atoms with Crippen molar-refractivity contribution in [1.29, 1.82) is 0 Å². The molecule has 0 aliphatic heterocycles. The average Bonchev–Trinajstić information content (AvgIpc) is 3.15. The molecule has 0 aliphatic carbocycles. The van der Waals surface area contributed by atoms with Crippen molar-refractivity contribution in [2.45, 2.75) is 0 Å². The van der Waals surface area contributed by atoms with Gasteiger partial charge >= 0.3 is 0 Å². The lowest BCUT2D eigenvalue weighted by atomic mass is 10.1. The number of amides is 2. The maximum Gasteiger partial charge on any atom is 0.257 e. The Hall–Kier alpha value is -2.97. The minimum atomic E-state index is -0.425. The molecule has 0 spiro atoms. The number of aromatic nitrogens is 4. The van der Waals surface area contributed by atoms with Crippen LogP contribution in [0, 0.1) is 0 Å². The van der Waals surface area contributed by atoms with Crippen LogP contribution in [0.1, 0.15) is 20.7 Å². The van der Waals surface area contributed by atoms with E-state index in [-0.39, 0.29) is 16.5 Å². The number of nitrogens with one attached hydrogen (secondary N) is 1. The molecule has 1 heterocycles. The van der Waals surface area contributed by atoms with Gasteiger partial charge in [-0.15, -0.1) is 5.10 Å². The first kappa shape index (κ1) is 18.8. The third-order valence-electron chi connectivity index (χ3n) is 3.66. The monoisotopic (exact) mass is 404 g/mol. The molecule has 27 heavy (non-hydrogen) atoms. The molecule has 0 unspecified atom stereocenters. The molecule has 3 aromatic rings. The number of hydrogen-bond donors (Lipinski definition) is 1. The zero-order valence-electron chi connectivity index (χ0n) is 14.3. The van der Waals surface area contributed by atoms with E-state index in [1.807, 2.05) is 0 Å². The van der Waals surface area contributed by atoms with Crippen LogP contribution in [-0.4, -0.2) is 51.0 Å². The molecule has 1 aromatic heterocycles. The van der Waals surface area contributed by atoms with Gasteiger partial charge in [-0.2, -0.15) is 4.68 Å². The largest absolute Gasteiger partial charge is 0.345 e. The van der Waals surface area contributed by atoms with Crippen molar-refractivity contribution in [3.63, 3.8) is 0 Å². The molecule has 0 atom stereocenters. The molecule has 2 aromatic carbocycles. The molecule has 0 radical (unpaired) electrons. The van der Waals surface area contributed by atoms with E-state index in [0.29, 0.717) is 22.0 Å². The highest BCUT2D eigenvalue weighted by Gasteiger charge is 2.17. The molecule has 138 valence electrons. The lowest BCUT2D eigenvalue weighted by Gasteiger charge is -2.13. The van der Waals surface area contributed by atoms with Gasteiger partial charge in [-0.1, -0.05) is 23.2 Å². The predicted octanol–water partition coefficient (Wildman–Crippen LogP) is 2.92. The molecule has 0 bridgehead atoms. The van der Waals surface area contributed by atoms with Crippen LogP contribution in [0.4, 0.5) is 5.69 Å². The minimum Gasteiger partial charge on any atom is -0.345 e. The number of halogens is 2. The highest BCUT2D eigenvalue weighted by molar-refractivity contribution is 6.34. The number of benzene rings is 2. The van der Waals surface area contributed by atoms with E-state index in [2.05, 4.69) is 20.8 Å². The van der Waals surface area contributed by atoms with Crippen LogP contribution in [0.5, 0.6) is 0 Å². The Bertz CT molecular complexity index is 1000. The van der Waals surface area contributed by atoms with Gasteiger partial charge < -0.3 is 10.2 Å². The van der Waals surface area contributed by atoms with Gasteiger partial charge in [0.05, 0.1) is 21.8 Å². The summed E-state index contributed by atoms with van der Waals surface area (Å²) in [7, 11) is 3.27. The summed E-state index contributed by atoms with van der Waals surface area (Å²) in [5.74, 6) is -0.653. The Morgan fingerprint density at radius 3 is 2.48 bits per heavy atom. The van der Waals surface area contributed by atoms with E-state index >= 15 is 0 Å². The highest BCUT2D eigenvalue weighted by atomic mass is 35.5. The summed E-state index contributed by atoms with van der Waals surface area (Å²) in [6, 6.07) is 9.45. The van der Waals surface area contributed by atoms with Gasteiger partial charge in [0.2, 0.25) is 0 Å². The third kappa shape index (κ3) is 4.07. The van der Waals surface area contributed by atoms with Crippen molar-refractivity contribution in [3.8, 4) is 5.69 Å². The molecule has 0 saturated heterocycles. The van der Waals surface area contributed by atoms with Crippen LogP contribution >= 0.6 is 23.2 Å². The van der Waals surface area contributed by atoms with Gasteiger partial charge in [0.15, 0.2) is 0 Å². The number of carbonyl (C=O) groups excluding carboxylic acids is 2. The van der Waals surface area contributed by atoms with E-state index in [4.69, 9.17) is 23.2 Å². The van der Waals surface area contributed by atoms with Gasteiger partial charge in [-0.05, 0) is 46.8 Å². The van der Waals surface area contributed by atoms with E-state index in [9.17, 15) is 9.59 Å². The van der Waals surface area contributed by atoms with Crippen LogP contribution in [-0.2, 0) is 0 Å². The molecule has 0 aliphatic rings. The van der Waals surface area contributed by atoms with Gasteiger partial charge in [0.25, 0.3) is 11.8 Å². The summed E-state index contributed by atoms with van der Waals surface area (Å²) in [4.78, 5) is 26.2. The maximum atomic E-state index is 12.8. The highest BCUT2D eigenvalue weighted by Crippen LogP contribution is 2.24. The molecular weight excluding hydrogens is 391 g/mol. The van der Waals surface area contributed by atoms with E-state index in [1.165, 1.54) is 28.0 Å². The Balaban J connectivity index is 1.89.